The van der Waals surface area contributed by atoms with Crippen molar-refractivity contribution in [3.8, 4) is 0 Å². The Labute approximate surface area is 184 Å². The minimum Gasteiger partial charge on any atom is -0.355 e. The Hall–Kier alpha value is -2.87. The summed E-state index contributed by atoms with van der Waals surface area (Å²) >= 11 is 0. The van der Waals surface area contributed by atoms with Crippen LogP contribution in [0.3, 0.4) is 0 Å². The third kappa shape index (κ3) is 5.07. The summed E-state index contributed by atoms with van der Waals surface area (Å²) in [5, 5.41) is 2.77. The molecule has 3 rings (SSSR count). The summed E-state index contributed by atoms with van der Waals surface area (Å²) < 4.78 is 28.0. The van der Waals surface area contributed by atoms with Gasteiger partial charge in [0.1, 0.15) is 0 Å². The average molecular weight is 444 g/mol. The van der Waals surface area contributed by atoms with Crippen molar-refractivity contribution >= 4 is 27.5 Å². The van der Waals surface area contributed by atoms with Crippen molar-refractivity contribution in [3.05, 3.63) is 59.7 Å². The molecule has 2 amide bonds. The van der Waals surface area contributed by atoms with Crippen molar-refractivity contribution < 1.29 is 18.0 Å². The van der Waals surface area contributed by atoms with E-state index in [-0.39, 0.29) is 28.8 Å². The van der Waals surface area contributed by atoms with Crippen molar-refractivity contribution in [2.45, 2.75) is 38.0 Å². The van der Waals surface area contributed by atoms with E-state index in [0.717, 1.165) is 12.0 Å². The first-order valence-electron chi connectivity index (χ1n) is 10.6. The lowest BCUT2D eigenvalue weighted by molar-refractivity contribution is -0.121. The maximum Gasteiger partial charge on any atom is 0.264 e. The maximum absolute atomic E-state index is 13.3. The van der Waals surface area contributed by atoms with Gasteiger partial charge in [-0.15, -0.1) is 0 Å². The highest BCUT2D eigenvalue weighted by Crippen LogP contribution is 2.32. The largest absolute Gasteiger partial charge is 0.355 e. The standard InChI is InChI=1S/C23H29N3O4S/c1-3-13-24-22(27)17-25(14-4-2)23(28)19-9-7-10-20(16-19)31(29,30)26-15-12-18-8-5-6-11-21(18)26/h5-11,16H,3-4,12-15,17H2,1-2H3,(H,24,27). The van der Waals surface area contributed by atoms with Gasteiger partial charge in [0.15, 0.2) is 0 Å². The van der Waals surface area contributed by atoms with Crippen LogP contribution in [0.25, 0.3) is 0 Å². The SMILES string of the molecule is CCCNC(=O)CN(CCC)C(=O)c1cccc(S(=O)(=O)N2CCc3ccccc32)c1. The second-order valence-electron chi connectivity index (χ2n) is 7.56. The van der Waals surface area contributed by atoms with E-state index in [4.69, 9.17) is 0 Å². The molecule has 0 radical (unpaired) electrons. The fraction of sp³-hybridized carbons (Fsp3) is 0.391. The van der Waals surface area contributed by atoms with Crippen molar-refractivity contribution in [2.24, 2.45) is 0 Å². The summed E-state index contributed by atoms with van der Waals surface area (Å²) in [6.45, 7) is 5.17. The zero-order valence-electron chi connectivity index (χ0n) is 18.0. The first-order chi connectivity index (χ1) is 14.9. The second-order valence-corrected chi connectivity index (χ2v) is 9.42. The molecule has 7 nitrogen and oxygen atoms in total. The van der Waals surface area contributed by atoms with Crippen LogP contribution in [0.2, 0.25) is 0 Å². The zero-order chi connectivity index (χ0) is 22.4. The minimum atomic E-state index is -3.80. The van der Waals surface area contributed by atoms with Crippen LogP contribution in [-0.4, -0.2) is 51.3 Å². The molecule has 0 spiro atoms. The number of rotatable bonds is 9. The Bertz CT molecular complexity index is 1050. The summed E-state index contributed by atoms with van der Waals surface area (Å²) in [4.78, 5) is 26.7. The lowest BCUT2D eigenvalue weighted by Crippen LogP contribution is -2.41. The van der Waals surface area contributed by atoms with Gasteiger partial charge in [-0.2, -0.15) is 0 Å². The van der Waals surface area contributed by atoms with Crippen LogP contribution >= 0.6 is 0 Å². The molecule has 0 fully saturated rings. The lowest BCUT2D eigenvalue weighted by Gasteiger charge is -2.23. The Morgan fingerprint density at radius 1 is 1.06 bits per heavy atom. The number of nitrogens with one attached hydrogen (secondary N) is 1. The van der Waals surface area contributed by atoms with Crippen LogP contribution in [0.1, 0.15) is 42.6 Å². The summed E-state index contributed by atoms with van der Waals surface area (Å²) in [6.07, 6.45) is 2.16. The minimum absolute atomic E-state index is 0.0524. The van der Waals surface area contributed by atoms with E-state index in [9.17, 15) is 18.0 Å². The van der Waals surface area contributed by atoms with Gasteiger partial charge in [0.25, 0.3) is 15.9 Å². The normalized spacial score (nSPS) is 13.0. The molecule has 0 atom stereocenters. The fourth-order valence-corrected chi connectivity index (χ4v) is 5.22. The number of benzene rings is 2. The molecular formula is C23H29N3O4S. The topological polar surface area (TPSA) is 86.8 Å². The molecule has 0 aromatic heterocycles. The lowest BCUT2D eigenvalue weighted by atomic mass is 10.2. The highest BCUT2D eigenvalue weighted by molar-refractivity contribution is 7.92. The molecule has 0 bridgehead atoms. The van der Waals surface area contributed by atoms with Crippen molar-refractivity contribution in [2.75, 3.05) is 30.5 Å². The highest BCUT2D eigenvalue weighted by Gasteiger charge is 2.31. The summed E-state index contributed by atoms with van der Waals surface area (Å²) in [6, 6.07) is 13.5. The molecule has 0 saturated heterocycles. The molecule has 1 aliphatic rings. The predicted molar refractivity (Wildman–Crippen MR) is 121 cm³/mol. The maximum atomic E-state index is 13.3. The summed E-state index contributed by atoms with van der Waals surface area (Å²) in [5.41, 5.74) is 1.93. The molecule has 1 aliphatic heterocycles. The molecule has 2 aromatic carbocycles. The van der Waals surface area contributed by atoms with Crippen molar-refractivity contribution in [3.63, 3.8) is 0 Å². The van der Waals surface area contributed by atoms with Crippen LogP contribution in [0.15, 0.2) is 53.4 Å². The number of hydrogen-bond donors (Lipinski definition) is 1. The summed E-state index contributed by atoms with van der Waals surface area (Å²) in [5.74, 6) is -0.575. The summed E-state index contributed by atoms with van der Waals surface area (Å²) in [7, 11) is -3.80. The van der Waals surface area contributed by atoms with Gasteiger partial charge < -0.3 is 10.2 Å². The zero-order valence-corrected chi connectivity index (χ0v) is 18.8. The molecule has 31 heavy (non-hydrogen) atoms. The third-order valence-electron chi connectivity index (χ3n) is 5.20. The Balaban J connectivity index is 1.84. The van der Waals surface area contributed by atoms with Gasteiger partial charge in [0, 0.05) is 25.2 Å². The van der Waals surface area contributed by atoms with E-state index in [2.05, 4.69) is 5.32 Å². The van der Waals surface area contributed by atoms with Crippen molar-refractivity contribution in [1.82, 2.24) is 10.2 Å². The third-order valence-corrected chi connectivity index (χ3v) is 7.01. The van der Waals surface area contributed by atoms with Crippen LogP contribution in [0.4, 0.5) is 5.69 Å². The fourth-order valence-electron chi connectivity index (χ4n) is 3.67. The van der Waals surface area contributed by atoms with Crippen LogP contribution in [0.5, 0.6) is 0 Å². The Morgan fingerprint density at radius 2 is 1.84 bits per heavy atom. The number of carbonyl (C=O) groups is 2. The molecule has 0 saturated carbocycles. The average Bonchev–Trinajstić information content (AvgIpc) is 3.22. The Morgan fingerprint density at radius 3 is 2.58 bits per heavy atom. The van der Waals surface area contributed by atoms with Crippen molar-refractivity contribution in [1.29, 1.82) is 0 Å². The van der Waals surface area contributed by atoms with Crippen LogP contribution < -0.4 is 9.62 Å². The first kappa shape index (κ1) is 22.8. The molecular weight excluding hydrogens is 414 g/mol. The van der Waals surface area contributed by atoms with Gasteiger partial charge in [-0.25, -0.2) is 8.42 Å². The van der Waals surface area contributed by atoms with E-state index in [1.54, 1.807) is 18.2 Å². The van der Waals surface area contributed by atoms with E-state index in [0.29, 0.717) is 38.2 Å². The number of nitrogens with zero attached hydrogens (tertiary/aromatic N) is 2. The number of amides is 2. The van der Waals surface area contributed by atoms with Crippen LogP contribution in [0, 0.1) is 0 Å². The molecule has 1 heterocycles. The Kier molecular flexibility index (Phi) is 7.33. The number of fused-ring (bicyclic) bond motifs is 1. The molecule has 2 aromatic rings. The highest BCUT2D eigenvalue weighted by atomic mass is 32.2. The number of carbonyl (C=O) groups excluding carboxylic acids is 2. The van der Waals surface area contributed by atoms with E-state index in [1.807, 2.05) is 32.0 Å². The van der Waals surface area contributed by atoms with E-state index in [1.165, 1.54) is 21.3 Å². The molecule has 0 aliphatic carbocycles. The van der Waals surface area contributed by atoms with Gasteiger partial charge in [0.2, 0.25) is 5.91 Å². The molecule has 8 heteroatoms. The number of sulfonamides is 1. The van der Waals surface area contributed by atoms with Gasteiger partial charge in [0.05, 0.1) is 17.1 Å². The van der Waals surface area contributed by atoms with Gasteiger partial charge in [-0.1, -0.05) is 38.1 Å². The smallest absolute Gasteiger partial charge is 0.264 e. The number of anilines is 1. The monoisotopic (exact) mass is 443 g/mol. The molecule has 166 valence electrons. The van der Waals surface area contributed by atoms with E-state index < -0.39 is 10.0 Å². The quantitative estimate of drug-likeness (QED) is 0.646. The van der Waals surface area contributed by atoms with Gasteiger partial charge in [-0.05, 0) is 49.1 Å². The molecule has 1 N–H and O–H groups in total. The first-order valence-corrected chi connectivity index (χ1v) is 12.1. The van der Waals surface area contributed by atoms with E-state index >= 15 is 0 Å². The number of para-hydroxylation sites is 1. The van der Waals surface area contributed by atoms with Gasteiger partial charge in [-0.3, -0.25) is 13.9 Å². The number of hydrogen-bond acceptors (Lipinski definition) is 4. The molecule has 0 unspecified atom stereocenters. The van der Waals surface area contributed by atoms with Crippen LogP contribution in [-0.2, 0) is 21.2 Å². The van der Waals surface area contributed by atoms with Gasteiger partial charge >= 0.3 is 0 Å². The second kappa shape index (κ2) is 9.96. The predicted octanol–water partition coefficient (Wildman–Crippen LogP) is 2.82.